The molecule has 1 aliphatic heterocycles. The number of carbonyl (C=O) groups excluding carboxylic acids is 1. The van der Waals surface area contributed by atoms with Crippen molar-refractivity contribution < 1.29 is 14.3 Å². The largest absolute Gasteiger partial charge is 0.466 e. The molecule has 0 bridgehead atoms. The van der Waals surface area contributed by atoms with Crippen molar-refractivity contribution in [3.05, 3.63) is 0 Å². The van der Waals surface area contributed by atoms with E-state index in [-0.39, 0.29) is 18.0 Å². The van der Waals surface area contributed by atoms with Gasteiger partial charge in [0.25, 0.3) is 0 Å². The number of hydrogen-bond donors (Lipinski definition) is 0. The highest BCUT2D eigenvalue weighted by Gasteiger charge is 2.26. The Hall–Kier alpha value is -0.610. The Morgan fingerprint density at radius 3 is 2.88 bits per heavy atom. The molecule has 1 aliphatic rings. The van der Waals surface area contributed by atoms with Gasteiger partial charge in [0.2, 0.25) is 0 Å². The second-order valence-electron chi connectivity index (χ2n) is 4.81. The molecule has 17 heavy (non-hydrogen) atoms. The van der Waals surface area contributed by atoms with Crippen molar-refractivity contribution >= 4 is 5.97 Å². The molecule has 4 nitrogen and oxygen atoms in total. The van der Waals surface area contributed by atoms with E-state index in [1.807, 2.05) is 20.8 Å². The second kappa shape index (κ2) is 7.67. The Morgan fingerprint density at radius 1 is 1.47 bits per heavy atom. The summed E-state index contributed by atoms with van der Waals surface area (Å²) in [6.45, 7) is 9.95. The molecular weight excluding hydrogens is 218 g/mol. The summed E-state index contributed by atoms with van der Waals surface area (Å²) in [6, 6.07) is 0. The fourth-order valence-electron chi connectivity index (χ4n) is 2.13. The van der Waals surface area contributed by atoms with Crippen LogP contribution in [0, 0.1) is 5.92 Å². The second-order valence-corrected chi connectivity index (χ2v) is 4.81. The number of rotatable bonds is 6. The molecule has 0 spiro atoms. The van der Waals surface area contributed by atoms with Gasteiger partial charge >= 0.3 is 5.97 Å². The highest BCUT2D eigenvalue weighted by molar-refractivity contribution is 5.72. The van der Waals surface area contributed by atoms with Crippen molar-refractivity contribution in [2.75, 3.05) is 32.8 Å². The normalized spacial score (nSPS) is 21.8. The first-order valence-electron chi connectivity index (χ1n) is 6.64. The van der Waals surface area contributed by atoms with Crippen LogP contribution in [0.4, 0.5) is 0 Å². The van der Waals surface area contributed by atoms with Crippen LogP contribution in [0.3, 0.4) is 0 Å². The lowest BCUT2D eigenvalue weighted by Crippen LogP contribution is -2.41. The van der Waals surface area contributed by atoms with E-state index in [0.717, 1.165) is 39.1 Å². The predicted octanol–water partition coefficient (Wildman–Crippen LogP) is 1.69. The summed E-state index contributed by atoms with van der Waals surface area (Å²) < 4.78 is 10.6. The van der Waals surface area contributed by atoms with E-state index in [0.29, 0.717) is 6.61 Å². The minimum Gasteiger partial charge on any atom is -0.466 e. The monoisotopic (exact) mass is 243 g/mol. The van der Waals surface area contributed by atoms with E-state index in [9.17, 15) is 4.79 Å². The van der Waals surface area contributed by atoms with Crippen LogP contribution in [0.15, 0.2) is 0 Å². The Bertz CT molecular complexity index is 231. The molecule has 0 aliphatic carbocycles. The molecule has 4 heteroatoms. The van der Waals surface area contributed by atoms with Gasteiger partial charge in [0.05, 0.1) is 25.2 Å². The molecule has 1 unspecified atom stereocenters. The predicted molar refractivity (Wildman–Crippen MR) is 66.9 cm³/mol. The summed E-state index contributed by atoms with van der Waals surface area (Å²) in [4.78, 5) is 13.9. The Morgan fingerprint density at radius 2 is 2.24 bits per heavy atom. The number of likely N-dealkylation sites (tertiary alicyclic amines) is 1. The smallest absolute Gasteiger partial charge is 0.310 e. The molecule has 0 saturated carbocycles. The summed E-state index contributed by atoms with van der Waals surface area (Å²) in [6.07, 6.45) is 2.31. The zero-order valence-electron chi connectivity index (χ0n) is 11.3. The van der Waals surface area contributed by atoms with Gasteiger partial charge < -0.3 is 14.4 Å². The summed E-state index contributed by atoms with van der Waals surface area (Å²) in [7, 11) is 0. The van der Waals surface area contributed by atoms with Crippen molar-refractivity contribution in [2.24, 2.45) is 5.92 Å². The van der Waals surface area contributed by atoms with Crippen molar-refractivity contribution in [2.45, 2.75) is 39.7 Å². The standard InChI is InChI=1S/C13H25NO3/c1-4-16-13(15)12-6-5-7-14(10-12)8-9-17-11(2)3/h11-12H,4-10H2,1-3H3. The van der Waals surface area contributed by atoms with Crippen LogP contribution in [0.5, 0.6) is 0 Å². The fraction of sp³-hybridized carbons (Fsp3) is 0.923. The van der Waals surface area contributed by atoms with Gasteiger partial charge in [0, 0.05) is 13.1 Å². The SMILES string of the molecule is CCOC(=O)C1CCCN(CCOC(C)C)C1. The van der Waals surface area contributed by atoms with Crippen LogP contribution in [-0.2, 0) is 14.3 Å². The molecule has 0 aromatic carbocycles. The zero-order chi connectivity index (χ0) is 12.7. The molecule has 1 atom stereocenters. The van der Waals surface area contributed by atoms with Crippen molar-refractivity contribution in [1.29, 1.82) is 0 Å². The average molecular weight is 243 g/mol. The quantitative estimate of drug-likeness (QED) is 0.665. The maximum absolute atomic E-state index is 11.6. The third kappa shape index (κ3) is 5.50. The molecule has 1 saturated heterocycles. The van der Waals surface area contributed by atoms with Gasteiger partial charge in [-0.05, 0) is 40.2 Å². The maximum Gasteiger partial charge on any atom is 0.310 e. The van der Waals surface area contributed by atoms with Crippen LogP contribution in [0.1, 0.15) is 33.6 Å². The number of ether oxygens (including phenoxy) is 2. The fourth-order valence-corrected chi connectivity index (χ4v) is 2.13. The van der Waals surface area contributed by atoms with Crippen LogP contribution >= 0.6 is 0 Å². The first-order valence-corrected chi connectivity index (χ1v) is 6.64. The van der Waals surface area contributed by atoms with Gasteiger partial charge in [0.1, 0.15) is 0 Å². The molecule has 1 heterocycles. The first-order chi connectivity index (χ1) is 8.13. The molecule has 0 aromatic heterocycles. The summed E-state index contributed by atoms with van der Waals surface area (Å²) >= 11 is 0. The third-order valence-corrected chi connectivity index (χ3v) is 2.98. The number of esters is 1. The van der Waals surface area contributed by atoms with Gasteiger partial charge in [0.15, 0.2) is 0 Å². The lowest BCUT2D eigenvalue weighted by Gasteiger charge is -2.31. The summed E-state index contributed by atoms with van der Waals surface area (Å²) in [5.41, 5.74) is 0. The average Bonchev–Trinajstić information content (AvgIpc) is 2.29. The number of piperidine rings is 1. The third-order valence-electron chi connectivity index (χ3n) is 2.98. The van der Waals surface area contributed by atoms with Crippen molar-refractivity contribution in [3.8, 4) is 0 Å². The van der Waals surface area contributed by atoms with E-state index < -0.39 is 0 Å². The number of carbonyl (C=O) groups is 1. The lowest BCUT2D eigenvalue weighted by molar-refractivity contribution is -0.150. The molecule has 0 radical (unpaired) electrons. The van der Waals surface area contributed by atoms with Crippen LogP contribution in [0.25, 0.3) is 0 Å². The topological polar surface area (TPSA) is 38.8 Å². The molecule has 0 N–H and O–H groups in total. The highest BCUT2D eigenvalue weighted by Crippen LogP contribution is 2.17. The van der Waals surface area contributed by atoms with Gasteiger partial charge in [-0.2, -0.15) is 0 Å². The molecule has 0 amide bonds. The van der Waals surface area contributed by atoms with Crippen LogP contribution in [-0.4, -0.2) is 49.8 Å². The van der Waals surface area contributed by atoms with Gasteiger partial charge in [-0.3, -0.25) is 4.79 Å². The summed E-state index contributed by atoms with van der Waals surface area (Å²) in [5.74, 6) is 0.0183. The Balaban J connectivity index is 2.26. The van der Waals surface area contributed by atoms with Crippen molar-refractivity contribution in [3.63, 3.8) is 0 Å². The Labute approximate surface area is 104 Å². The lowest BCUT2D eigenvalue weighted by atomic mass is 9.98. The van der Waals surface area contributed by atoms with Crippen LogP contribution in [0.2, 0.25) is 0 Å². The van der Waals surface area contributed by atoms with Crippen LogP contribution < -0.4 is 0 Å². The molecule has 1 rings (SSSR count). The van der Waals surface area contributed by atoms with E-state index >= 15 is 0 Å². The minimum absolute atomic E-state index is 0.0398. The van der Waals surface area contributed by atoms with E-state index in [4.69, 9.17) is 9.47 Å². The highest BCUT2D eigenvalue weighted by atomic mass is 16.5. The van der Waals surface area contributed by atoms with E-state index in [1.165, 1.54) is 0 Å². The van der Waals surface area contributed by atoms with Gasteiger partial charge in [-0.25, -0.2) is 0 Å². The Kier molecular flexibility index (Phi) is 6.52. The molecule has 0 aromatic rings. The number of nitrogens with zero attached hydrogens (tertiary/aromatic N) is 1. The maximum atomic E-state index is 11.6. The summed E-state index contributed by atoms with van der Waals surface area (Å²) in [5, 5.41) is 0. The van der Waals surface area contributed by atoms with Gasteiger partial charge in [-0.15, -0.1) is 0 Å². The first kappa shape index (κ1) is 14.5. The molecule has 100 valence electrons. The number of hydrogen-bond acceptors (Lipinski definition) is 4. The van der Waals surface area contributed by atoms with E-state index in [2.05, 4.69) is 4.90 Å². The molecule has 1 fully saturated rings. The van der Waals surface area contributed by atoms with Crippen molar-refractivity contribution in [1.82, 2.24) is 4.90 Å². The van der Waals surface area contributed by atoms with E-state index in [1.54, 1.807) is 0 Å². The zero-order valence-corrected chi connectivity index (χ0v) is 11.3. The van der Waals surface area contributed by atoms with Gasteiger partial charge in [-0.1, -0.05) is 0 Å². The molecular formula is C13H25NO3. The minimum atomic E-state index is -0.0398.